The molecule has 0 radical (unpaired) electrons. The number of hydrogen-bond acceptors (Lipinski definition) is 3. The summed E-state index contributed by atoms with van der Waals surface area (Å²) < 4.78 is 43.5. The Labute approximate surface area is 146 Å². The minimum absolute atomic E-state index is 0.0156. The van der Waals surface area contributed by atoms with E-state index in [2.05, 4.69) is 0 Å². The van der Waals surface area contributed by atoms with Crippen LogP contribution in [0.4, 0.5) is 18.9 Å². The molecule has 1 saturated heterocycles. The molecular formula is C18H26F3NO3. The van der Waals surface area contributed by atoms with Crippen LogP contribution in [-0.2, 0) is 11.3 Å². The molecule has 1 fully saturated rings. The average molecular weight is 361 g/mol. The van der Waals surface area contributed by atoms with Crippen LogP contribution in [0, 0.1) is 5.92 Å². The number of carboxylic acids is 1. The maximum Gasteiger partial charge on any atom is 0.391 e. The van der Waals surface area contributed by atoms with Gasteiger partial charge in [-0.2, -0.15) is 13.2 Å². The van der Waals surface area contributed by atoms with E-state index in [1.165, 1.54) is 0 Å². The molecule has 1 aromatic carbocycles. The summed E-state index contributed by atoms with van der Waals surface area (Å²) in [7, 11) is 0. The Balaban J connectivity index is 0.00000151. The molecule has 0 saturated carbocycles. The quantitative estimate of drug-likeness (QED) is 0.824. The van der Waals surface area contributed by atoms with E-state index in [1.54, 1.807) is 23.1 Å². The minimum atomic E-state index is -4.18. The standard InChI is InChI=1S/C16H20F3NO3.C2H6/c1-2-23-10-11-4-3-5-13(14(11)15(21)22)20-8-6-12(7-9-20)16(17,18)19;1-2/h3-5,12H,2,6-10H2,1H3,(H,21,22);1-2H3. The Kier molecular flexibility index (Phi) is 8.22. The number of alkyl halides is 3. The number of anilines is 1. The highest BCUT2D eigenvalue weighted by Crippen LogP contribution is 2.36. The molecule has 0 unspecified atom stereocenters. The summed E-state index contributed by atoms with van der Waals surface area (Å²) in [5.74, 6) is -2.40. The number of benzene rings is 1. The van der Waals surface area contributed by atoms with Crippen LogP contribution in [0.15, 0.2) is 18.2 Å². The van der Waals surface area contributed by atoms with Crippen molar-refractivity contribution in [3.63, 3.8) is 0 Å². The first-order valence-corrected chi connectivity index (χ1v) is 8.59. The van der Waals surface area contributed by atoms with Crippen molar-refractivity contribution < 1.29 is 27.8 Å². The maximum atomic E-state index is 12.8. The van der Waals surface area contributed by atoms with Crippen molar-refractivity contribution in [1.82, 2.24) is 0 Å². The molecule has 1 aromatic rings. The zero-order valence-corrected chi connectivity index (χ0v) is 14.9. The van der Waals surface area contributed by atoms with E-state index >= 15 is 0 Å². The Hall–Kier alpha value is -1.76. The summed E-state index contributed by atoms with van der Waals surface area (Å²) in [6.45, 7) is 6.84. The molecule has 7 heteroatoms. The van der Waals surface area contributed by atoms with E-state index in [0.717, 1.165) is 0 Å². The van der Waals surface area contributed by atoms with Crippen LogP contribution in [0.1, 0.15) is 49.5 Å². The maximum absolute atomic E-state index is 12.8. The van der Waals surface area contributed by atoms with E-state index in [9.17, 15) is 23.1 Å². The Morgan fingerprint density at radius 1 is 1.28 bits per heavy atom. The second kappa shape index (κ2) is 9.65. The smallest absolute Gasteiger partial charge is 0.391 e. The van der Waals surface area contributed by atoms with E-state index in [4.69, 9.17) is 4.74 Å². The van der Waals surface area contributed by atoms with Crippen molar-refractivity contribution in [1.29, 1.82) is 0 Å². The summed E-state index contributed by atoms with van der Waals surface area (Å²) in [5.41, 5.74) is 1.12. The SMILES string of the molecule is CC.CCOCc1cccc(N2CCC(C(F)(F)F)CC2)c1C(=O)O. The number of rotatable bonds is 5. The van der Waals surface area contributed by atoms with E-state index < -0.39 is 18.1 Å². The molecule has 1 aliphatic heterocycles. The monoisotopic (exact) mass is 361 g/mol. The molecule has 0 amide bonds. The van der Waals surface area contributed by atoms with Gasteiger partial charge in [-0.3, -0.25) is 0 Å². The summed E-state index contributed by atoms with van der Waals surface area (Å²) in [6.07, 6.45) is -4.21. The largest absolute Gasteiger partial charge is 0.478 e. The lowest BCUT2D eigenvalue weighted by Crippen LogP contribution is -2.39. The van der Waals surface area contributed by atoms with Gasteiger partial charge in [0.15, 0.2) is 0 Å². The van der Waals surface area contributed by atoms with Crippen molar-refractivity contribution in [2.75, 3.05) is 24.6 Å². The molecular weight excluding hydrogens is 335 g/mol. The van der Waals surface area contributed by atoms with Gasteiger partial charge < -0.3 is 14.7 Å². The van der Waals surface area contributed by atoms with Gasteiger partial charge in [-0.25, -0.2) is 4.79 Å². The molecule has 0 aliphatic carbocycles. The van der Waals surface area contributed by atoms with Gasteiger partial charge in [0.1, 0.15) is 0 Å². The fraction of sp³-hybridized carbons (Fsp3) is 0.611. The Morgan fingerprint density at radius 2 is 1.88 bits per heavy atom. The molecule has 0 aromatic heterocycles. The van der Waals surface area contributed by atoms with Gasteiger partial charge in [0, 0.05) is 19.7 Å². The van der Waals surface area contributed by atoms with Crippen molar-refractivity contribution in [3.05, 3.63) is 29.3 Å². The van der Waals surface area contributed by atoms with Gasteiger partial charge in [-0.15, -0.1) is 0 Å². The summed E-state index contributed by atoms with van der Waals surface area (Å²) in [6, 6.07) is 5.03. The first-order chi connectivity index (χ1) is 11.8. The van der Waals surface area contributed by atoms with Crippen LogP contribution in [0.2, 0.25) is 0 Å². The van der Waals surface area contributed by atoms with Crippen LogP contribution in [0.3, 0.4) is 0 Å². The lowest BCUT2D eigenvalue weighted by atomic mass is 9.94. The Morgan fingerprint density at radius 3 is 2.36 bits per heavy atom. The highest BCUT2D eigenvalue weighted by atomic mass is 19.4. The summed E-state index contributed by atoms with van der Waals surface area (Å²) in [5, 5.41) is 9.50. The average Bonchev–Trinajstić information content (AvgIpc) is 2.60. The van der Waals surface area contributed by atoms with Crippen molar-refractivity contribution in [2.24, 2.45) is 5.92 Å². The van der Waals surface area contributed by atoms with Gasteiger partial charge >= 0.3 is 12.1 Å². The van der Waals surface area contributed by atoms with E-state index in [0.29, 0.717) is 17.9 Å². The van der Waals surface area contributed by atoms with E-state index in [-0.39, 0.29) is 38.1 Å². The number of halogens is 3. The number of carboxylic acid groups (broad SMARTS) is 1. The Bertz CT molecular complexity index is 553. The molecule has 142 valence electrons. The van der Waals surface area contributed by atoms with Gasteiger partial charge in [-0.1, -0.05) is 26.0 Å². The lowest BCUT2D eigenvalue weighted by molar-refractivity contribution is -0.179. The predicted molar refractivity (Wildman–Crippen MR) is 91.1 cm³/mol. The first kappa shape index (κ1) is 21.3. The van der Waals surface area contributed by atoms with Crippen LogP contribution < -0.4 is 4.90 Å². The molecule has 0 atom stereocenters. The van der Waals surface area contributed by atoms with Crippen LogP contribution in [0.5, 0.6) is 0 Å². The normalized spacial score (nSPS) is 15.5. The van der Waals surface area contributed by atoms with Gasteiger partial charge in [-0.05, 0) is 31.4 Å². The highest BCUT2D eigenvalue weighted by Gasteiger charge is 2.41. The van der Waals surface area contributed by atoms with Crippen molar-refractivity contribution >= 4 is 11.7 Å². The molecule has 1 heterocycles. The number of piperidine rings is 1. The number of nitrogens with zero attached hydrogens (tertiary/aromatic N) is 1. The zero-order valence-electron chi connectivity index (χ0n) is 14.9. The van der Waals surface area contributed by atoms with Crippen LogP contribution in [-0.4, -0.2) is 36.9 Å². The van der Waals surface area contributed by atoms with Gasteiger partial charge in [0.05, 0.1) is 23.8 Å². The lowest BCUT2D eigenvalue weighted by Gasteiger charge is -2.35. The molecule has 0 spiro atoms. The first-order valence-electron chi connectivity index (χ1n) is 8.59. The number of hydrogen-bond donors (Lipinski definition) is 1. The molecule has 2 rings (SSSR count). The van der Waals surface area contributed by atoms with Gasteiger partial charge in [0.2, 0.25) is 0 Å². The molecule has 1 N–H and O–H groups in total. The predicted octanol–water partition coefficient (Wildman–Crippen LogP) is 4.73. The number of aromatic carboxylic acids is 1. The third-order valence-corrected chi connectivity index (χ3v) is 4.10. The van der Waals surface area contributed by atoms with Gasteiger partial charge in [0.25, 0.3) is 0 Å². The molecule has 1 aliphatic rings. The van der Waals surface area contributed by atoms with Crippen molar-refractivity contribution in [3.8, 4) is 0 Å². The zero-order chi connectivity index (χ0) is 19.0. The van der Waals surface area contributed by atoms with Crippen LogP contribution >= 0.6 is 0 Å². The topological polar surface area (TPSA) is 49.8 Å². The number of ether oxygens (including phenoxy) is 1. The molecule has 4 nitrogen and oxygen atoms in total. The van der Waals surface area contributed by atoms with Crippen LogP contribution in [0.25, 0.3) is 0 Å². The minimum Gasteiger partial charge on any atom is -0.478 e. The fourth-order valence-corrected chi connectivity index (χ4v) is 2.88. The van der Waals surface area contributed by atoms with E-state index in [1.807, 2.05) is 20.8 Å². The second-order valence-electron chi connectivity index (χ2n) is 5.56. The summed E-state index contributed by atoms with van der Waals surface area (Å²) in [4.78, 5) is 13.3. The molecule has 25 heavy (non-hydrogen) atoms. The summed E-state index contributed by atoms with van der Waals surface area (Å²) >= 11 is 0. The highest BCUT2D eigenvalue weighted by molar-refractivity contribution is 5.96. The number of carbonyl (C=O) groups is 1. The second-order valence-corrected chi connectivity index (χ2v) is 5.56. The third-order valence-electron chi connectivity index (χ3n) is 4.10. The van der Waals surface area contributed by atoms with Crippen molar-refractivity contribution in [2.45, 2.75) is 46.4 Å². The molecule has 0 bridgehead atoms. The third kappa shape index (κ3) is 5.63. The fourth-order valence-electron chi connectivity index (χ4n) is 2.88.